The van der Waals surface area contributed by atoms with Crippen LogP contribution in [-0.2, 0) is 11.2 Å². The van der Waals surface area contributed by atoms with Crippen LogP contribution in [-0.4, -0.2) is 33.1 Å². The summed E-state index contributed by atoms with van der Waals surface area (Å²) in [5.74, 6) is -1.04. The van der Waals surface area contributed by atoms with Crippen LogP contribution in [0.4, 0.5) is 0 Å². The molecule has 1 atom stereocenters. The first-order valence-corrected chi connectivity index (χ1v) is 9.89. The summed E-state index contributed by atoms with van der Waals surface area (Å²) in [6.07, 6.45) is 1.62. The van der Waals surface area contributed by atoms with Crippen molar-refractivity contribution in [2.75, 3.05) is 0 Å². The summed E-state index contributed by atoms with van der Waals surface area (Å²) in [7, 11) is 0. The lowest BCUT2D eigenvalue weighted by Crippen LogP contribution is -2.22. The van der Waals surface area contributed by atoms with Crippen LogP contribution < -0.4 is 5.56 Å². The minimum atomic E-state index is -1.04. The second kappa shape index (κ2) is 9.09. The number of carbonyl (C=O) groups is 1. The van der Waals surface area contributed by atoms with Crippen molar-refractivity contribution in [2.24, 2.45) is 4.99 Å². The van der Waals surface area contributed by atoms with Gasteiger partial charge >= 0.3 is 5.97 Å². The number of aromatic nitrogens is 2. The fourth-order valence-corrected chi connectivity index (χ4v) is 3.36. The van der Waals surface area contributed by atoms with Crippen LogP contribution >= 0.6 is 0 Å². The third-order valence-corrected chi connectivity index (χ3v) is 4.94. The van der Waals surface area contributed by atoms with Crippen LogP contribution in [0.5, 0.6) is 0 Å². The summed E-state index contributed by atoms with van der Waals surface area (Å²) in [5.41, 5.74) is 2.97. The van der Waals surface area contributed by atoms with E-state index in [1.165, 1.54) is 10.9 Å². The molecule has 0 bridgehead atoms. The van der Waals surface area contributed by atoms with E-state index in [1.54, 1.807) is 0 Å². The maximum Gasteiger partial charge on any atom is 0.328 e. The average molecular weight is 411 g/mol. The van der Waals surface area contributed by atoms with Crippen molar-refractivity contribution in [3.63, 3.8) is 0 Å². The van der Waals surface area contributed by atoms with Gasteiger partial charge in [-0.05, 0) is 17.7 Å². The molecule has 0 aliphatic rings. The first kappa shape index (κ1) is 20.1. The van der Waals surface area contributed by atoms with E-state index in [4.69, 9.17) is 0 Å². The van der Waals surface area contributed by atoms with Crippen molar-refractivity contribution in [3.8, 4) is 16.9 Å². The number of hydrogen-bond donors (Lipinski definition) is 2. The Labute approximate surface area is 179 Å². The van der Waals surface area contributed by atoms with Gasteiger partial charge in [-0.2, -0.15) is 0 Å². The molecule has 0 unspecified atom stereocenters. The van der Waals surface area contributed by atoms with Crippen molar-refractivity contribution in [3.05, 3.63) is 112 Å². The zero-order chi connectivity index (χ0) is 21.6. The van der Waals surface area contributed by atoms with Gasteiger partial charge in [0, 0.05) is 18.2 Å². The molecule has 6 heteroatoms. The highest BCUT2D eigenvalue weighted by molar-refractivity contribution is 5.90. The molecule has 31 heavy (non-hydrogen) atoms. The molecule has 0 amide bonds. The highest BCUT2D eigenvalue weighted by Gasteiger charge is 2.19. The molecule has 0 spiro atoms. The molecule has 0 saturated heterocycles. The number of nitrogens with one attached hydrogen (secondary N) is 1. The quantitative estimate of drug-likeness (QED) is 0.452. The predicted octanol–water partition coefficient (Wildman–Crippen LogP) is 3.95. The van der Waals surface area contributed by atoms with Crippen LogP contribution in [0.15, 0.2) is 101 Å². The van der Waals surface area contributed by atoms with E-state index in [0.29, 0.717) is 16.9 Å². The van der Waals surface area contributed by atoms with E-state index in [0.717, 1.165) is 11.1 Å². The number of para-hydroxylation sites is 1. The van der Waals surface area contributed by atoms with Crippen molar-refractivity contribution in [1.82, 2.24) is 9.78 Å². The van der Waals surface area contributed by atoms with Crippen LogP contribution in [0.3, 0.4) is 0 Å². The van der Waals surface area contributed by atoms with Gasteiger partial charge in [-0.1, -0.05) is 78.9 Å². The molecular formula is C25H21N3O3. The number of aliphatic carboxylic acids is 1. The Balaban J connectivity index is 1.76. The lowest BCUT2D eigenvalue weighted by molar-refractivity contribution is -0.138. The zero-order valence-electron chi connectivity index (χ0n) is 16.7. The molecule has 0 fully saturated rings. The van der Waals surface area contributed by atoms with Gasteiger partial charge in [0.2, 0.25) is 0 Å². The summed E-state index contributed by atoms with van der Waals surface area (Å²) in [6, 6.07) is 26.9. The Bertz CT molecular complexity index is 1240. The topological polar surface area (TPSA) is 87.4 Å². The molecule has 2 N–H and O–H groups in total. The molecule has 154 valence electrons. The molecule has 0 aliphatic carbocycles. The van der Waals surface area contributed by atoms with E-state index < -0.39 is 12.0 Å². The van der Waals surface area contributed by atoms with Gasteiger partial charge in [-0.3, -0.25) is 14.9 Å². The third-order valence-electron chi connectivity index (χ3n) is 4.94. The predicted molar refractivity (Wildman–Crippen MR) is 121 cm³/mol. The first-order valence-electron chi connectivity index (χ1n) is 9.89. The summed E-state index contributed by atoms with van der Waals surface area (Å²) >= 11 is 0. The van der Waals surface area contributed by atoms with Crippen molar-refractivity contribution in [2.45, 2.75) is 12.5 Å². The SMILES string of the molecule is O=C(O)[C@H](Cc1ccccc1)N=Cc1c(-c2ccccc2)[nH]n(-c2ccccc2)c1=O. The largest absolute Gasteiger partial charge is 0.480 e. The van der Waals surface area contributed by atoms with Crippen molar-refractivity contribution < 1.29 is 9.90 Å². The molecule has 0 saturated carbocycles. The molecular weight excluding hydrogens is 390 g/mol. The molecule has 6 nitrogen and oxygen atoms in total. The summed E-state index contributed by atoms with van der Waals surface area (Å²) in [5, 5.41) is 12.8. The second-order valence-corrected chi connectivity index (χ2v) is 7.06. The lowest BCUT2D eigenvalue weighted by Gasteiger charge is -2.07. The van der Waals surface area contributed by atoms with E-state index in [9.17, 15) is 14.7 Å². The van der Waals surface area contributed by atoms with Gasteiger partial charge in [0.25, 0.3) is 5.56 Å². The number of benzene rings is 3. The Hall–Kier alpha value is -4.19. The Morgan fingerprint density at radius 3 is 2.13 bits per heavy atom. The Kier molecular flexibility index (Phi) is 5.89. The number of hydrogen-bond acceptors (Lipinski definition) is 3. The van der Waals surface area contributed by atoms with Crippen molar-refractivity contribution >= 4 is 12.2 Å². The summed E-state index contributed by atoms with van der Waals surface area (Å²) in [4.78, 5) is 29.3. The van der Waals surface area contributed by atoms with Crippen molar-refractivity contribution in [1.29, 1.82) is 0 Å². The van der Waals surface area contributed by atoms with E-state index in [2.05, 4.69) is 10.1 Å². The number of carboxylic acid groups (broad SMARTS) is 1. The number of H-pyrrole nitrogens is 1. The number of rotatable bonds is 7. The Morgan fingerprint density at radius 1 is 0.935 bits per heavy atom. The fraction of sp³-hybridized carbons (Fsp3) is 0.0800. The first-order chi connectivity index (χ1) is 15.1. The fourth-order valence-electron chi connectivity index (χ4n) is 3.36. The molecule has 0 radical (unpaired) electrons. The highest BCUT2D eigenvalue weighted by atomic mass is 16.4. The number of nitrogens with zero attached hydrogens (tertiary/aromatic N) is 2. The minimum absolute atomic E-state index is 0.241. The monoisotopic (exact) mass is 411 g/mol. The smallest absolute Gasteiger partial charge is 0.328 e. The van der Waals surface area contributed by atoms with Gasteiger partial charge < -0.3 is 5.11 Å². The van der Waals surface area contributed by atoms with Gasteiger partial charge in [-0.25, -0.2) is 9.48 Å². The van der Waals surface area contributed by atoms with Gasteiger partial charge in [0.05, 0.1) is 16.9 Å². The van der Waals surface area contributed by atoms with Gasteiger partial charge in [-0.15, -0.1) is 0 Å². The number of aliphatic imine (C=N–C) groups is 1. The zero-order valence-corrected chi connectivity index (χ0v) is 16.7. The van der Waals surface area contributed by atoms with Crippen LogP contribution in [0.2, 0.25) is 0 Å². The average Bonchev–Trinajstić information content (AvgIpc) is 3.14. The summed E-state index contributed by atoms with van der Waals surface area (Å²) in [6.45, 7) is 0. The van der Waals surface area contributed by atoms with E-state index in [1.807, 2.05) is 91.0 Å². The number of aromatic amines is 1. The molecule has 1 heterocycles. The normalized spacial score (nSPS) is 12.1. The molecule has 0 aliphatic heterocycles. The molecule has 3 aromatic carbocycles. The van der Waals surface area contributed by atoms with E-state index in [-0.39, 0.29) is 12.0 Å². The molecule has 4 rings (SSSR count). The standard InChI is InChI=1S/C25H21N3O3/c29-24-21(17-26-22(25(30)31)16-18-10-4-1-5-11-18)23(19-12-6-2-7-13-19)27-28(24)20-14-8-3-9-15-20/h1-15,17,22,27H,16H2,(H,30,31)/t22-/m0/s1. The maximum atomic E-state index is 13.2. The minimum Gasteiger partial charge on any atom is -0.480 e. The Morgan fingerprint density at radius 2 is 1.52 bits per heavy atom. The third kappa shape index (κ3) is 4.53. The molecule has 1 aromatic heterocycles. The second-order valence-electron chi connectivity index (χ2n) is 7.06. The maximum absolute atomic E-state index is 13.2. The molecule has 4 aromatic rings. The van der Waals surface area contributed by atoms with E-state index >= 15 is 0 Å². The van der Waals surface area contributed by atoms with Gasteiger partial charge in [0.15, 0.2) is 6.04 Å². The van der Waals surface area contributed by atoms with Crippen LogP contribution in [0.25, 0.3) is 16.9 Å². The number of carboxylic acids is 1. The lowest BCUT2D eigenvalue weighted by atomic mass is 10.1. The van der Waals surface area contributed by atoms with Gasteiger partial charge in [0.1, 0.15) is 0 Å². The van der Waals surface area contributed by atoms with Crippen LogP contribution in [0.1, 0.15) is 11.1 Å². The van der Waals surface area contributed by atoms with Crippen LogP contribution in [0, 0.1) is 0 Å². The highest BCUT2D eigenvalue weighted by Crippen LogP contribution is 2.20. The summed E-state index contributed by atoms with van der Waals surface area (Å²) < 4.78 is 1.44.